The average Bonchev–Trinajstić information content (AvgIpc) is 2.69. The molecule has 2 aromatic rings. The summed E-state index contributed by atoms with van der Waals surface area (Å²) in [4.78, 5) is 12.4. The monoisotopic (exact) mass is 641 g/mol. The molecule has 0 spiro atoms. The molecule has 198 valence electrons. The Kier molecular flexibility index (Phi) is 10.4. The van der Waals surface area contributed by atoms with Gasteiger partial charge in [-0.15, -0.1) is 0 Å². The van der Waals surface area contributed by atoms with E-state index >= 15 is 0 Å². The summed E-state index contributed by atoms with van der Waals surface area (Å²) in [5.74, 6) is -5.79. The van der Waals surface area contributed by atoms with E-state index in [0.29, 0.717) is 0 Å². The third-order valence-electron chi connectivity index (χ3n) is 4.57. The first-order valence-corrected chi connectivity index (χ1v) is 12.9. The lowest BCUT2D eigenvalue weighted by Crippen LogP contribution is -2.38. The summed E-state index contributed by atoms with van der Waals surface area (Å²) in [6, 6.07) is 4.83. The molecule has 1 N–H and O–H groups in total. The molecule has 0 radical (unpaired) electrons. The van der Waals surface area contributed by atoms with Crippen LogP contribution in [0.25, 0.3) is 6.08 Å². The lowest BCUT2D eigenvalue weighted by Gasteiger charge is -2.18. The molecule has 0 bridgehead atoms. The number of allylic oxidation sites excluding steroid dienone is 1. The van der Waals surface area contributed by atoms with Gasteiger partial charge in [0.05, 0.1) is 21.5 Å². The van der Waals surface area contributed by atoms with Gasteiger partial charge in [0.1, 0.15) is 5.75 Å². The van der Waals surface area contributed by atoms with Gasteiger partial charge in [0.15, 0.2) is 5.82 Å². The normalized spacial score (nSPS) is 15.1. The minimum absolute atomic E-state index is 0.0603. The molecular weight excluding hydrogens is 626 g/mol. The van der Waals surface area contributed by atoms with Gasteiger partial charge in [-0.3, -0.25) is 9.00 Å². The molecule has 3 nitrogen and oxygen atoms in total. The zero-order valence-corrected chi connectivity index (χ0v) is 22.0. The zero-order valence-electron chi connectivity index (χ0n) is 18.1. The van der Waals surface area contributed by atoms with Crippen molar-refractivity contribution in [2.45, 2.75) is 31.2 Å². The van der Waals surface area contributed by atoms with Crippen molar-refractivity contribution in [3.8, 4) is 0 Å². The first-order chi connectivity index (χ1) is 16.5. The molecule has 2 unspecified atom stereocenters. The number of halogens is 10. The van der Waals surface area contributed by atoms with Gasteiger partial charge < -0.3 is 5.32 Å². The van der Waals surface area contributed by atoms with E-state index in [-0.39, 0.29) is 21.2 Å². The molecule has 1 amide bonds. The van der Waals surface area contributed by atoms with E-state index in [1.165, 1.54) is 25.1 Å². The van der Waals surface area contributed by atoms with Gasteiger partial charge >= 0.3 is 12.4 Å². The Labute approximate surface area is 222 Å². The molecule has 0 aliphatic carbocycles. The molecule has 0 saturated heterocycles. The Hall–Kier alpha value is -1.63. The van der Waals surface area contributed by atoms with E-state index in [1.807, 2.05) is 0 Å². The molecule has 0 aliphatic rings. The van der Waals surface area contributed by atoms with E-state index in [9.17, 15) is 39.7 Å². The largest absolute Gasteiger partial charge is 0.400 e. The van der Waals surface area contributed by atoms with Crippen LogP contribution >= 0.6 is 39.1 Å². The van der Waals surface area contributed by atoms with Gasteiger partial charge in [0, 0.05) is 27.1 Å². The molecule has 0 saturated carbocycles. The Morgan fingerprint density at radius 1 is 1.11 bits per heavy atom. The third-order valence-corrected chi connectivity index (χ3v) is 7.30. The Bertz CT molecular complexity index is 1150. The maximum absolute atomic E-state index is 13.6. The fraction of sp³-hybridized carbons (Fsp3) is 0.318. The van der Waals surface area contributed by atoms with Gasteiger partial charge in [-0.25, -0.2) is 4.39 Å². The number of hydrogen-bond donors (Lipinski definition) is 1. The van der Waals surface area contributed by atoms with Crippen LogP contribution in [-0.4, -0.2) is 40.0 Å². The van der Waals surface area contributed by atoms with Crippen molar-refractivity contribution in [1.82, 2.24) is 5.32 Å². The Morgan fingerprint density at radius 2 is 1.69 bits per heavy atom. The standard InChI is InChI=1S/C22H17BrCl2F7NO2S/c1-11(9-36(35)10-21(27,28)29)33-20(34)14-4-2-12(6-16(14)23)3-5-15(22(30,31)32)13-7-17(24)19(26)18(25)8-13/h2-8,11,15H,9-10H2,1H3,(H,33,34)/b5-3+/t11-,15?,36?/m1/s1. The minimum atomic E-state index is -4.75. The fourth-order valence-corrected chi connectivity index (χ4v) is 5.26. The van der Waals surface area contributed by atoms with Crippen molar-refractivity contribution in [2.75, 3.05) is 11.5 Å². The quantitative estimate of drug-likeness (QED) is 0.237. The van der Waals surface area contributed by atoms with Crippen molar-refractivity contribution < 1.29 is 39.7 Å². The summed E-state index contributed by atoms with van der Waals surface area (Å²) in [6.45, 7) is 1.39. The predicted molar refractivity (Wildman–Crippen MR) is 129 cm³/mol. The van der Waals surface area contributed by atoms with Crippen LogP contribution in [0.2, 0.25) is 10.0 Å². The molecule has 0 fully saturated rings. The summed E-state index contributed by atoms with van der Waals surface area (Å²) >= 11 is 14.4. The molecule has 0 aliphatic heterocycles. The Balaban J connectivity index is 2.18. The molecular formula is C22H17BrCl2F7NO2S. The maximum atomic E-state index is 13.6. The molecule has 2 rings (SSSR count). The molecule has 0 aromatic heterocycles. The van der Waals surface area contributed by atoms with Crippen LogP contribution in [0, 0.1) is 5.82 Å². The van der Waals surface area contributed by atoms with E-state index in [2.05, 4.69) is 21.2 Å². The molecule has 14 heteroatoms. The highest BCUT2D eigenvalue weighted by atomic mass is 79.9. The third kappa shape index (κ3) is 9.04. The number of rotatable bonds is 8. The highest BCUT2D eigenvalue weighted by Crippen LogP contribution is 2.39. The van der Waals surface area contributed by atoms with Crippen molar-refractivity contribution >= 4 is 61.9 Å². The van der Waals surface area contributed by atoms with Crippen LogP contribution in [0.1, 0.15) is 34.3 Å². The average molecular weight is 643 g/mol. The van der Waals surface area contributed by atoms with E-state index in [0.717, 1.165) is 24.3 Å². The van der Waals surface area contributed by atoms with Gasteiger partial charge in [0.25, 0.3) is 5.91 Å². The SMILES string of the molecule is C[C@H](CS(=O)CC(F)(F)F)NC(=O)c1ccc(/C=C/C(c2cc(Cl)c(F)c(Cl)c2)C(F)(F)F)cc1Br. The second kappa shape index (κ2) is 12.3. The van der Waals surface area contributed by atoms with Crippen LogP contribution in [-0.2, 0) is 10.8 Å². The first kappa shape index (κ1) is 30.6. The maximum Gasteiger partial charge on any atom is 0.400 e. The van der Waals surface area contributed by atoms with Crippen molar-refractivity contribution in [3.63, 3.8) is 0 Å². The summed E-state index contributed by atoms with van der Waals surface area (Å²) < 4.78 is 103. The van der Waals surface area contributed by atoms with Crippen molar-refractivity contribution in [2.24, 2.45) is 0 Å². The van der Waals surface area contributed by atoms with Crippen LogP contribution in [0.5, 0.6) is 0 Å². The highest BCUT2D eigenvalue weighted by Gasteiger charge is 2.39. The number of amides is 1. The molecule has 0 heterocycles. The summed E-state index contributed by atoms with van der Waals surface area (Å²) in [7, 11) is -2.23. The van der Waals surface area contributed by atoms with Crippen LogP contribution < -0.4 is 5.32 Å². The lowest BCUT2D eigenvalue weighted by atomic mass is 9.96. The lowest BCUT2D eigenvalue weighted by molar-refractivity contribution is -0.139. The smallest absolute Gasteiger partial charge is 0.349 e. The second-order valence-electron chi connectivity index (χ2n) is 7.66. The number of hydrogen-bond acceptors (Lipinski definition) is 2. The summed E-state index contributed by atoms with van der Waals surface area (Å²) in [5, 5.41) is 1.31. The molecule has 3 atom stereocenters. The summed E-state index contributed by atoms with van der Waals surface area (Å²) in [6.07, 6.45) is -7.39. The van der Waals surface area contributed by atoms with E-state index < -0.39 is 68.4 Å². The zero-order chi connectivity index (χ0) is 27.4. The van der Waals surface area contributed by atoms with Gasteiger partial charge in [-0.2, -0.15) is 26.3 Å². The summed E-state index contributed by atoms with van der Waals surface area (Å²) in [5.41, 5.74) is -0.0431. The van der Waals surface area contributed by atoms with Crippen LogP contribution in [0.3, 0.4) is 0 Å². The van der Waals surface area contributed by atoms with Gasteiger partial charge in [0.2, 0.25) is 0 Å². The topological polar surface area (TPSA) is 46.2 Å². The van der Waals surface area contributed by atoms with Crippen molar-refractivity contribution in [3.05, 3.63) is 73.4 Å². The number of benzene rings is 2. The van der Waals surface area contributed by atoms with Crippen LogP contribution in [0.15, 0.2) is 40.9 Å². The minimum Gasteiger partial charge on any atom is -0.349 e. The fourth-order valence-electron chi connectivity index (χ4n) is 3.05. The molecule has 2 aromatic carbocycles. The number of alkyl halides is 6. The second-order valence-corrected chi connectivity index (χ2v) is 10.8. The Morgan fingerprint density at radius 3 is 2.19 bits per heavy atom. The predicted octanol–water partition coefficient (Wildman–Crippen LogP) is 7.68. The number of carbonyl (C=O) groups is 1. The van der Waals surface area contributed by atoms with Gasteiger partial charge in [-0.05, 0) is 58.2 Å². The van der Waals surface area contributed by atoms with E-state index in [1.54, 1.807) is 0 Å². The number of nitrogens with one attached hydrogen (secondary N) is 1. The molecule has 36 heavy (non-hydrogen) atoms. The van der Waals surface area contributed by atoms with Crippen molar-refractivity contribution in [1.29, 1.82) is 0 Å². The van der Waals surface area contributed by atoms with Gasteiger partial charge in [-0.1, -0.05) is 41.4 Å². The van der Waals surface area contributed by atoms with E-state index in [4.69, 9.17) is 23.2 Å². The highest BCUT2D eigenvalue weighted by molar-refractivity contribution is 9.10. The first-order valence-electron chi connectivity index (χ1n) is 9.89. The van der Waals surface area contributed by atoms with Crippen LogP contribution in [0.4, 0.5) is 30.7 Å². The number of carbonyl (C=O) groups excluding carboxylic acids is 1.